The van der Waals surface area contributed by atoms with Gasteiger partial charge >= 0.3 is 0 Å². The molecule has 2 N–H and O–H groups in total. The van der Waals surface area contributed by atoms with Gasteiger partial charge in [0.1, 0.15) is 0 Å². The van der Waals surface area contributed by atoms with E-state index in [9.17, 15) is 0 Å². The summed E-state index contributed by atoms with van der Waals surface area (Å²) in [4.78, 5) is 0. The molecule has 0 spiro atoms. The smallest absolute Gasteiger partial charge is 0.0758 e. The standard InChI is InChI=1S/C44H38N2/c1-43(2)35-18-9-8-17-31(35)33-25-38-34(26-37(33)43)32-22-21-29(24-36(32)44(38,3)4)28-15-12-16-30(23-28)42-41(27-13-6-5-7-14-27)45-39-19-10-11-20-40(39)46-42/h5-26,41-42,45-46H,1-4H3. The van der Waals surface area contributed by atoms with Crippen LogP contribution in [-0.2, 0) is 10.8 Å². The normalized spacial score (nSPS) is 19.1. The van der Waals surface area contributed by atoms with Crippen LogP contribution >= 0.6 is 0 Å². The molecule has 46 heavy (non-hydrogen) atoms. The molecule has 0 bridgehead atoms. The average Bonchev–Trinajstić information content (AvgIpc) is 3.46. The molecule has 2 aliphatic carbocycles. The zero-order chi connectivity index (χ0) is 31.2. The Morgan fingerprint density at radius 2 is 0.913 bits per heavy atom. The molecule has 2 unspecified atom stereocenters. The number of hydrogen-bond donors (Lipinski definition) is 2. The molecule has 6 aromatic rings. The maximum Gasteiger partial charge on any atom is 0.0758 e. The van der Waals surface area contributed by atoms with Crippen LogP contribution in [0.3, 0.4) is 0 Å². The predicted octanol–water partition coefficient (Wildman–Crippen LogP) is 11.3. The number of hydrogen-bond acceptors (Lipinski definition) is 2. The highest BCUT2D eigenvalue weighted by atomic mass is 15.1. The van der Waals surface area contributed by atoms with Crippen molar-refractivity contribution >= 4 is 11.4 Å². The molecule has 0 saturated carbocycles. The topological polar surface area (TPSA) is 24.1 Å². The molecule has 224 valence electrons. The molecule has 1 aliphatic heterocycles. The second kappa shape index (κ2) is 9.71. The molecule has 0 aromatic heterocycles. The van der Waals surface area contributed by atoms with Crippen LogP contribution in [0.1, 0.15) is 73.2 Å². The van der Waals surface area contributed by atoms with E-state index in [4.69, 9.17) is 0 Å². The lowest BCUT2D eigenvalue weighted by molar-refractivity contribution is 0.636. The molecule has 2 heteroatoms. The molecule has 0 fully saturated rings. The van der Waals surface area contributed by atoms with Gasteiger partial charge < -0.3 is 10.6 Å². The maximum atomic E-state index is 3.88. The quantitative estimate of drug-likeness (QED) is 0.213. The number of nitrogens with one attached hydrogen (secondary N) is 2. The van der Waals surface area contributed by atoms with E-state index in [0.717, 1.165) is 11.4 Å². The van der Waals surface area contributed by atoms with Crippen LogP contribution in [0.25, 0.3) is 33.4 Å². The summed E-state index contributed by atoms with van der Waals surface area (Å²) >= 11 is 0. The van der Waals surface area contributed by atoms with Crippen molar-refractivity contribution in [2.45, 2.75) is 50.6 Å². The molecule has 0 amide bonds. The number of rotatable bonds is 3. The Morgan fingerprint density at radius 3 is 1.63 bits per heavy atom. The van der Waals surface area contributed by atoms with E-state index in [1.807, 2.05) is 0 Å². The van der Waals surface area contributed by atoms with Crippen molar-refractivity contribution in [3.63, 3.8) is 0 Å². The van der Waals surface area contributed by atoms with E-state index in [2.05, 4.69) is 172 Å². The lowest BCUT2D eigenvalue weighted by Gasteiger charge is -2.37. The third kappa shape index (κ3) is 3.89. The number of anilines is 2. The van der Waals surface area contributed by atoms with Gasteiger partial charge in [0, 0.05) is 10.8 Å². The Kier molecular flexibility index (Phi) is 5.75. The minimum atomic E-state index is -0.0913. The van der Waals surface area contributed by atoms with Crippen molar-refractivity contribution in [3.05, 3.63) is 167 Å². The minimum absolute atomic E-state index is 0.00559. The first-order valence-corrected chi connectivity index (χ1v) is 16.5. The van der Waals surface area contributed by atoms with E-state index in [1.54, 1.807) is 0 Å². The average molecular weight is 595 g/mol. The Hall–Kier alpha value is -5.08. The van der Waals surface area contributed by atoms with E-state index in [0.29, 0.717) is 0 Å². The molecular weight excluding hydrogens is 556 g/mol. The lowest BCUT2D eigenvalue weighted by atomic mass is 9.79. The molecule has 6 aromatic carbocycles. The monoisotopic (exact) mass is 594 g/mol. The Morgan fingerprint density at radius 1 is 0.391 bits per heavy atom. The van der Waals surface area contributed by atoms with E-state index < -0.39 is 0 Å². The van der Waals surface area contributed by atoms with Gasteiger partial charge in [-0.2, -0.15) is 0 Å². The highest BCUT2D eigenvalue weighted by Gasteiger charge is 2.41. The molecule has 0 radical (unpaired) electrons. The molecule has 2 nitrogen and oxygen atoms in total. The summed E-state index contributed by atoms with van der Waals surface area (Å²) in [6.45, 7) is 9.54. The number of para-hydroxylation sites is 2. The van der Waals surface area contributed by atoms with Gasteiger partial charge in [-0.3, -0.25) is 0 Å². The lowest BCUT2D eigenvalue weighted by Crippen LogP contribution is -2.30. The highest BCUT2D eigenvalue weighted by molar-refractivity contribution is 5.90. The van der Waals surface area contributed by atoms with Crippen LogP contribution in [0.4, 0.5) is 11.4 Å². The number of fused-ring (bicyclic) bond motifs is 7. The maximum absolute atomic E-state index is 3.88. The van der Waals surface area contributed by atoms with Gasteiger partial charge in [-0.25, -0.2) is 0 Å². The van der Waals surface area contributed by atoms with Gasteiger partial charge in [0.25, 0.3) is 0 Å². The number of benzene rings is 6. The first-order chi connectivity index (χ1) is 22.3. The summed E-state index contributed by atoms with van der Waals surface area (Å²) < 4.78 is 0. The SMILES string of the molecule is CC1(C)c2ccccc2-c2cc3c(cc21)-c1ccc(-c2cccc(C4Nc5ccccc5NC4c4ccccc4)c2)cc1C3(C)C. The van der Waals surface area contributed by atoms with Crippen LogP contribution in [0.2, 0.25) is 0 Å². The summed E-state index contributed by atoms with van der Waals surface area (Å²) in [5.74, 6) is 0. The molecular formula is C44H38N2. The fourth-order valence-corrected chi connectivity index (χ4v) is 8.47. The van der Waals surface area contributed by atoms with Crippen LogP contribution in [0.15, 0.2) is 133 Å². The van der Waals surface area contributed by atoms with Gasteiger partial charge in [0.15, 0.2) is 0 Å². The molecule has 1 heterocycles. The zero-order valence-corrected chi connectivity index (χ0v) is 26.9. The van der Waals surface area contributed by atoms with Gasteiger partial charge in [0.2, 0.25) is 0 Å². The fourth-order valence-electron chi connectivity index (χ4n) is 8.47. The summed E-state index contributed by atoms with van der Waals surface area (Å²) in [6.07, 6.45) is 0. The van der Waals surface area contributed by atoms with Crippen molar-refractivity contribution < 1.29 is 0 Å². The van der Waals surface area contributed by atoms with Crippen molar-refractivity contribution in [2.75, 3.05) is 10.6 Å². The van der Waals surface area contributed by atoms with Crippen molar-refractivity contribution in [1.82, 2.24) is 0 Å². The first kappa shape index (κ1) is 27.2. The molecule has 3 aliphatic rings. The van der Waals surface area contributed by atoms with Gasteiger partial charge in [-0.1, -0.05) is 125 Å². The summed E-state index contributed by atoms with van der Waals surface area (Å²) in [7, 11) is 0. The Bertz CT molecular complexity index is 2170. The third-order valence-corrected chi connectivity index (χ3v) is 11.0. The predicted molar refractivity (Wildman–Crippen MR) is 193 cm³/mol. The van der Waals surface area contributed by atoms with Crippen molar-refractivity contribution in [2.24, 2.45) is 0 Å². The largest absolute Gasteiger partial charge is 0.374 e. The van der Waals surface area contributed by atoms with Crippen LogP contribution in [0, 0.1) is 0 Å². The van der Waals surface area contributed by atoms with Crippen molar-refractivity contribution in [1.29, 1.82) is 0 Å². The first-order valence-electron chi connectivity index (χ1n) is 16.5. The summed E-state index contributed by atoms with van der Waals surface area (Å²) in [6, 6.07) is 49.7. The summed E-state index contributed by atoms with van der Waals surface area (Å²) in [5.41, 5.74) is 18.5. The molecule has 9 rings (SSSR count). The second-order valence-corrected chi connectivity index (χ2v) is 14.3. The van der Waals surface area contributed by atoms with Gasteiger partial charge in [-0.05, 0) is 103 Å². The van der Waals surface area contributed by atoms with Gasteiger partial charge in [0.05, 0.1) is 23.5 Å². The molecule has 2 atom stereocenters. The highest BCUT2D eigenvalue weighted by Crippen LogP contribution is 2.56. The second-order valence-electron chi connectivity index (χ2n) is 14.3. The summed E-state index contributed by atoms with van der Waals surface area (Å²) in [5, 5.41) is 7.72. The fraction of sp³-hybridized carbons (Fsp3) is 0.182. The Balaban J connectivity index is 1.12. The van der Waals surface area contributed by atoms with Crippen molar-refractivity contribution in [3.8, 4) is 33.4 Å². The van der Waals surface area contributed by atoms with Gasteiger partial charge in [-0.15, -0.1) is 0 Å². The van der Waals surface area contributed by atoms with Crippen LogP contribution in [0.5, 0.6) is 0 Å². The van der Waals surface area contributed by atoms with Crippen LogP contribution in [-0.4, -0.2) is 0 Å². The van der Waals surface area contributed by atoms with Crippen LogP contribution < -0.4 is 10.6 Å². The van der Waals surface area contributed by atoms with E-state index in [1.165, 1.54) is 66.8 Å². The zero-order valence-electron chi connectivity index (χ0n) is 26.9. The minimum Gasteiger partial charge on any atom is -0.374 e. The molecule has 0 saturated heterocycles. The third-order valence-electron chi connectivity index (χ3n) is 11.0. The van der Waals surface area contributed by atoms with E-state index >= 15 is 0 Å². The Labute approximate surface area is 272 Å². The van der Waals surface area contributed by atoms with E-state index in [-0.39, 0.29) is 22.9 Å².